The zero-order valence-corrected chi connectivity index (χ0v) is 14.1. The molecule has 3 rings (SSSR count). The summed E-state index contributed by atoms with van der Waals surface area (Å²) in [6.45, 7) is 0.609. The molecule has 0 bridgehead atoms. The highest BCUT2D eigenvalue weighted by Crippen LogP contribution is 2.40. The Hall–Kier alpha value is -1.89. The summed E-state index contributed by atoms with van der Waals surface area (Å²) in [5.41, 5.74) is 10.5. The molecule has 1 heterocycles. The minimum absolute atomic E-state index is 0.178. The predicted octanol–water partition coefficient (Wildman–Crippen LogP) is 1.83. The first-order chi connectivity index (χ1) is 11.6. The maximum atomic E-state index is 11.3. The van der Waals surface area contributed by atoms with Crippen LogP contribution in [-0.4, -0.2) is 29.6 Å². The molecule has 0 aromatic carbocycles. The number of hydrogen-bond donors (Lipinski definition) is 3. The standard InChI is InChI=1S/C10H20N2O.C7H8N2O2/c11-8-4-7-10(13)12-9-5-2-1-3-6-9;8-7(10)5-3-6(11-9-5)4-1-2-4/h9H,1-8,11H2,(H,12,13);3-4H,1-2H2,(H2,8,10). The minimum Gasteiger partial charge on any atom is -0.364 e. The fourth-order valence-corrected chi connectivity index (χ4v) is 2.78. The van der Waals surface area contributed by atoms with Crippen molar-refractivity contribution in [1.82, 2.24) is 10.5 Å². The number of aromatic nitrogens is 1. The minimum atomic E-state index is -0.527. The zero-order chi connectivity index (χ0) is 17.4. The normalized spacial score (nSPS) is 17.7. The van der Waals surface area contributed by atoms with Gasteiger partial charge in [0.2, 0.25) is 5.91 Å². The third-order valence-electron chi connectivity index (χ3n) is 4.34. The molecule has 24 heavy (non-hydrogen) atoms. The van der Waals surface area contributed by atoms with E-state index in [1.807, 2.05) is 0 Å². The smallest absolute Gasteiger partial charge is 0.270 e. The number of nitrogens with one attached hydrogen (secondary N) is 1. The molecule has 0 spiro atoms. The van der Waals surface area contributed by atoms with Gasteiger partial charge in [0.1, 0.15) is 5.76 Å². The van der Waals surface area contributed by atoms with E-state index < -0.39 is 5.91 Å². The quantitative estimate of drug-likeness (QED) is 0.731. The molecule has 1 aromatic heterocycles. The Morgan fingerprint density at radius 3 is 2.46 bits per heavy atom. The number of carbonyl (C=O) groups is 2. The van der Waals surface area contributed by atoms with Crippen LogP contribution in [0.15, 0.2) is 10.6 Å². The van der Waals surface area contributed by atoms with E-state index in [0.29, 0.717) is 24.9 Å². The van der Waals surface area contributed by atoms with Crippen molar-refractivity contribution >= 4 is 11.8 Å². The molecule has 2 fully saturated rings. The molecule has 2 aliphatic rings. The van der Waals surface area contributed by atoms with Crippen molar-refractivity contribution in [2.24, 2.45) is 11.5 Å². The number of primary amides is 1. The highest BCUT2D eigenvalue weighted by molar-refractivity contribution is 5.90. The van der Waals surface area contributed by atoms with Gasteiger partial charge in [0.15, 0.2) is 5.69 Å². The second kappa shape index (κ2) is 9.42. The van der Waals surface area contributed by atoms with Crippen LogP contribution >= 0.6 is 0 Å². The van der Waals surface area contributed by atoms with Crippen molar-refractivity contribution in [3.63, 3.8) is 0 Å². The van der Waals surface area contributed by atoms with Crippen LogP contribution in [0.4, 0.5) is 0 Å². The van der Waals surface area contributed by atoms with Gasteiger partial charge in [0.25, 0.3) is 5.91 Å². The van der Waals surface area contributed by atoms with Gasteiger partial charge in [-0.05, 0) is 38.6 Å². The van der Waals surface area contributed by atoms with E-state index in [9.17, 15) is 9.59 Å². The lowest BCUT2D eigenvalue weighted by molar-refractivity contribution is -0.122. The molecular weight excluding hydrogens is 308 g/mol. The summed E-state index contributed by atoms with van der Waals surface area (Å²) in [6.07, 6.45) is 9.84. The van der Waals surface area contributed by atoms with Crippen LogP contribution in [0.1, 0.15) is 80.0 Å². The van der Waals surface area contributed by atoms with Crippen molar-refractivity contribution in [3.05, 3.63) is 17.5 Å². The molecule has 134 valence electrons. The van der Waals surface area contributed by atoms with Crippen LogP contribution in [0.2, 0.25) is 0 Å². The van der Waals surface area contributed by atoms with Crippen LogP contribution in [-0.2, 0) is 4.79 Å². The van der Waals surface area contributed by atoms with Crippen molar-refractivity contribution in [1.29, 1.82) is 0 Å². The first kappa shape index (κ1) is 18.4. The van der Waals surface area contributed by atoms with Gasteiger partial charge < -0.3 is 21.3 Å². The van der Waals surface area contributed by atoms with Gasteiger partial charge in [-0.25, -0.2) is 0 Å². The molecule has 2 saturated carbocycles. The number of nitrogens with two attached hydrogens (primary N) is 2. The van der Waals surface area contributed by atoms with Crippen molar-refractivity contribution in [2.75, 3.05) is 6.54 Å². The molecule has 2 aliphatic carbocycles. The molecule has 2 amide bonds. The van der Waals surface area contributed by atoms with E-state index in [-0.39, 0.29) is 11.6 Å². The first-order valence-corrected chi connectivity index (χ1v) is 8.86. The summed E-state index contributed by atoms with van der Waals surface area (Å²) in [5.74, 6) is 0.924. The average Bonchev–Trinajstić information content (AvgIpc) is 3.31. The first-order valence-electron chi connectivity index (χ1n) is 8.86. The molecule has 7 nitrogen and oxygen atoms in total. The lowest BCUT2D eigenvalue weighted by Crippen LogP contribution is -2.36. The number of carbonyl (C=O) groups excluding carboxylic acids is 2. The van der Waals surface area contributed by atoms with Gasteiger partial charge in [-0.1, -0.05) is 24.4 Å². The topological polar surface area (TPSA) is 124 Å². The predicted molar refractivity (Wildman–Crippen MR) is 90.3 cm³/mol. The summed E-state index contributed by atoms with van der Waals surface area (Å²) in [6, 6.07) is 2.07. The van der Waals surface area contributed by atoms with E-state index in [4.69, 9.17) is 16.0 Å². The third kappa shape index (κ3) is 6.31. The Morgan fingerprint density at radius 1 is 1.21 bits per heavy atom. The molecule has 0 aliphatic heterocycles. The fraction of sp³-hybridized carbons (Fsp3) is 0.706. The number of hydrogen-bond acceptors (Lipinski definition) is 5. The lowest BCUT2D eigenvalue weighted by Gasteiger charge is -2.22. The average molecular weight is 336 g/mol. The number of rotatable bonds is 6. The van der Waals surface area contributed by atoms with E-state index in [1.54, 1.807) is 6.07 Å². The molecule has 7 heteroatoms. The van der Waals surface area contributed by atoms with Gasteiger partial charge >= 0.3 is 0 Å². The SMILES string of the molecule is NC(=O)c1cc(C2CC2)on1.NCCCC(=O)NC1CCCCC1. The van der Waals surface area contributed by atoms with Crippen molar-refractivity contribution < 1.29 is 14.1 Å². The maximum absolute atomic E-state index is 11.3. The summed E-state index contributed by atoms with van der Waals surface area (Å²) in [4.78, 5) is 21.9. The van der Waals surface area contributed by atoms with E-state index in [0.717, 1.165) is 37.9 Å². The van der Waals surface area contributed by atoms with Crippen LogP contribution in [0.3, 0.4) is 0 Å². The Kier molecular flexibility index (Phi) is 7.24. The Labute approximate surface area is 142 Å². The van der Waals surface area contributed by atoms with Gasteiger partial charge in [0.05, 0.1) is 0 Å². The molecular formula is C17H28N4O3. The Balaban J connectivity index is 0.000000175. The van der Waals surface area contributed by atoms with Crippen LogP contribution < -0.4 is 16.8 Å². The highest BCUT2D eigenvalue weighted by Gasteiger charge is 2.28. The van der Waals surface area contributed by atoms with E-state index >= 15 is 0 Å². The largest absolute Gasteiger partial charge is 0.364 e. The monoisotopic (exact) mass is 336 g/mol. The summed E-state index contributed by atoms with van der Waals surface area (Å²) >= 11 is 0. The maximum Gasteiger partial charge on any atom is 0.270 e. The van der Waals surface area contributed by atoms with Crippen molar-refractivity contribution in [2.45, 2.75) is 69.7 Å². The highest BCUT2D eigenvalue weighted by atomic mass is 16.5. The third-order valence-corrected chi connectivity index (χ3v) is 4.34. The zero-order valence-electron chi connectivity index (χ0n) is 14.1. The van der Waals surface area contributed by atoms with E-state index in [1.165, 1.54) is 19.3 Å². The molecule has 5 N–H and O–H groups in total. The second-order valence-corrected chi connectivity index (χ2v) is 6.55. The van der Waals surface area contributed by atoms with Crippen LogP contribution in [0.25, 0.3) is 0 Å². The number of nitrogens with zero attached hydrogens (tertiary/aromatic N) is 1. The molecule has 0 unspecified atom stereocenters. The molecule has 1 aromatic rings. The van der Waals surface area contributed by atoms with Gasteiger partial charge in [-0.3, -0.25) is 9.59 Å². The van der Waals surface area contributed by atoms with Gasteiger partial charge in [-0.15, -0.1) is 0 Å². The summed E-state index contributed by atoms with van der Waals surface area (Å²) < 4.78 is 4.90. The number of amides is 2. The summed E-state index contributed by atoms with van der Waals surface area (Å²) in [7, 11) is 0. The molecule has 0 atom stereocenters. The van der Waals surface area contributed by atoms with Crippen molar-refractivity contribution in [3.8, 4) is 0 Å². The lowest BCUT2D eigenvalue weighted by atomic mass is 9.95. The molecule has 0 radical (unpaired) electrons. The summed E-state index contributed by atoms with van der Waals surface area (Å²) in [5, 5.41) is 6.59. The van der Waals surface area contributed by atoms with E-state index in [2.05, 4.69) is 10.5 Å². The fourth-order valence-electron chi connectivity index (χ4n) is 2.78. The van der Waals surface area contributed by atoms with Crippen LogP contribution in [0.5, 0.6) is 0 Å². The molecule has 0 saturated heterocycles. The Morgan fingerprint density at radius 2 is 1.92 bits per heavy atom. The Bertz CT molecular complexity index is 534. The van der Waals surface area contributed by atoms with Gasteiger partial charge in [-0.2, -0.15) is 0 Å². The van der Waals surface area contributed by atoms with Gasteiger partial charge in [0, 0.05) is 24.4 Å². The second-order valence-electron chi connectivity index (χ2n) is 6.55. The van der Waals surface area contributed by atoms with Crippen LogP contribution in [0, 0.1) is 0 Å².